The summed E-state index contributed by atoms with van der Waals surface area (Å²) in [6.07, 6.45) is 4.47. The highest BCUT2D eigenvalue weighted by Crippen LogP contribution is 2.40. The standard InChI is InChI=1S/C28H40ClN3O4/c1-7-24-14-21(13-20-8-10-22(29)11-9-20)12-19(3)32(24)17-18(2)30-28(33)31-23-15-25(34-4)27(36-6)26(16-23)35-5/h8-11,15-16,18-19,21,24H,7,12-14,17H2,1-6H3,(H2,30,31,33)/t18-,19?,21?,24?/m1/s1. The lowest BCUT2D eigenvalue weighted by Gasteiger charge is -2.45. The van der Waals surface area contributed by atoms with Gasteiger partial charge in [-0.1, -0.05) is 30.7 Å². The Hall–Kier alpha value is -2.64. The van der Waals surface area contributed by atoms with E-state index in [1.54, 1.807) is 33.5 Å². The zero-order chi connectivity index (χ0) is 26.2. The van der Waals surface area contributed by atoms with Crippen LogP contribution in [0.4, 0.5) is 10.5 Å². The number of ether oxygens (including phenoxy) is 3. The van der Waals surface area contributed by atoms with Gasteiger partial charge >= 0.3 is 6.03 Å². The van der Waals surface area contributed by atoms with Gasteiger partial charge in [0.25, 0.3) is 0 Å². The molecule has 0 bridgehead atoms. The number of anilines is 1. The Morgan fingerprint density at radius 1 is 1.08 bits per heavy atom. The molecule has 0 radical (unpaired) electrons. The van der Waals surface area contributed by atoms with Crippen LogP contribution >= 0.6 is 11.6 Å². The number of urea groups is 1. The Balaban J connectivity index is 1.57. The summed E-state index contributed by atoms with van der Waals surface area (Å²) in [4.78, 5) is 15.3. The molecule has 2 aromatic carbocycles. The average Bonchev–Trinajstić information content (AvgIpc) is 2.85. The zero-order valence-electron chi connectivity index (χ0n) is 22.3. The molecule has 36 heavy (non-hydrogen) atoms. The largest absolute Gasteiger partial charge is 0.493 e. The molecular formula is C28H40ClN3O4. The highest BCUT2D eigenvalue weighted by Gasteiger charge is 2.33. The number of carbonyl (C=O) groups is 1. The van der Waals surface area contributed by atoms with Crippen LogP contribution in [0.1, 0.15) is 45.6 Å². The summed E-state index contributed by atoms with van der Waals surface area (Å²) in [5, 5.41) is 6.76. The van der Waals surface area contributed by atoms with Crippen molar-refractivity contribution in [3.63, 3.8) is 0 Å². The fourth-order valence-electron chi connectivity index (χ4n) is 5.35. The maximum Gasteiger partial charge on any atom is 0.319 e. The molecule has 1 aliphatic rings. The molecule has 0 spiro atoms. The zero-order valence-corrected chi connectivity index (χ0v) is 23.0. The first kappa shape index (κ1) is 27.9. The van der Waals surface area contributed by atoms with Gasteiger partial charge in [-0.3, -0.25) is 4.90 Å². The number of nitrogens with zero attached hydrogens (tertiary/aromatic N) is 1. The van der Waals surface area contributed by atoms with Crippen LogP contribution < -0.4 is 24.8 Å². The summed E-state index contributed by atoms with van der Waals surface area (Å²) in [5.41, 5.74) is 1.91. The van der Waals surface area contributed by atoms with Gasteiger partial charge in [-0.25, -0.2) is 4.79 Å². The van der Waals surface area contributed by atoms with E-state index in [1.165, 1.54) is 5.56 Å². The molecule has 2 N–H and O–H groups in total. The molecule has 0 saturated carbocycles. The Kier molecular flexibility index (Phi) is 10.1. The fraction of sp³-hybridized carbons (Fsp3) is 0.536. The minimum absolute atomic E-state index is 0.0173. The Bertz CT molecular complexity index is 976. The molecule has 4 atom stereocenters. The summed E-state index contributed by atoms with van der Waals surface area (Å²) in [5.74, 6) is 2.11. The molecule has 7 nitrogen and oxygen atoms in total. The van der Waals surface area contributed by atoms with Gasteiger partial charge in [-0.2, -0.15) is 0 Å². The van der Waals surface area contributed by atoms with Gasteiger partial charge in [0.1, 0.15) is 0 Å². The number of methoxy groups -OCH3 is 3. The topological polar surface area (TPSA) is 72.1 Å². The van der Waals surface area contributed by atoms with Crippen molar-refractivity contribution in [3.05, 3.63) is 47.0 Å². The van der Waals surface area contributed by atoms with Crippen molar-refractivity contribution < 1.29 is 19.0 Å². The number of nitrogens with one attached hydrogen (secondary N) is 2. The summed E-state index contributed by atoms with van der Waals surface area (Å²) >= 11 is 6.05. The van der Waals surface area contributed by atoms with Crippen LogP contribution in [0.15, 0.2) is 36.4 Å². The maximum atomic E-state index is 12.8. The number of hydrogen-bond donors (Lipinski definition) is 2. The monoisotopic (exact) mass is 517 g/mol. The van der Waals surface area contributed by atoms with Gasteiger partial charge in [-0.15, -0.1) is 0 Å². The van der Waals surface area contributed by atoms with Crippen molar-refractivity contribution in [1.82, 2.24) is 10.2 Å². The smallest absolute Gasteiger partial charge is 0.319 e. The highest BCUT2D eigenvalue weighted by atomic mass is 35.5. The van der Waals surface area contributed by atoms with E-state index in [9.17, 15) is 4.79 Å². The van der Waals surface area contributed by atoms with E-state index in [-0.39, 0.29) is 12.1 Å². The molecule has 2 aromatic rings. The highest BCUT2D eigenvalue weighted by molar-refractivity contribution is 6.30. The predicted octanol–water partition coefficient (Wildman–Crippen LogP) is 6.00. The molecule has 0 aliphatic carbocycles. The Morgan fingerprint density at radius 3 is 2.28 bits per heavy atom. The first-order valence-electron chi connectivity index (χ1n) is 12.7. The molecule has 198 valence electrons. The third-order valence-corrected chi connectivity index (χ3v) is 7.26. The predicted molar refractivity (Wildman–Crippen MR) is 146 cm³/mol. The second-order valence-corrected chi connectivity index (χ2v) is 10.1. The maximum absolute atomic E-state index is 12.8. The number of rotatable bonds is 10. The van der Waals surface area contributed by atoms with Crippen LogP contribution in [0, 0.1) is 5.92 Å². The number of hydrogen-bond acceptors (Lipinski definition) is 5. The van der Waals surface area contributed by atoms with Gasteiger partial charge in [0.2, 0.25) is 5.75 Å². The molecule has 8 heteroatoms. The van der Waals surface area contributed by atoms with E-state index in [1.807, 2.05) is 19.1 Å². The van der Waals surface area contributed by atoms with Crippen LogP contribution in [0.3, 0.4) is 0 Å². The van der Waals surface area contributed by atoms with E-state index in [4.69, 9.17) is 25.8 Å². The van der Waals surface area contributed by atoms with Gasteiger partial charge in [0, 0.05) is 41.8 Å². The molecule has 1 fully saturated rings. The second kappa shape index (κ2) is 13.1. The third-order valence-electron chi connectivity index (χ3n) is 7.01. The number of halogens is 1. The van der Waals surface area contributed by atoms with Crippen molar-refractivity contribution in [3.8, 4) is 17.2 Å². The summed E-state index contributed by atoms with van der Waals surface area (Å²) in [7, 11) is 4.65. The van der Waals surface area contributed by atoms with Gasteiger partial charge in [0.15, 0.2) is 11.5 Å². The molecule has 1 heterocycles. The quantitative estimate of drug-likeness (QED) is 0.404. The molecule has 1 aliphatic heterocycles. The van der Waals surface area contributed by atoms with E-state index < -0.39 is 0 Å². The van der Waals surface area contributed by atoms with E-state index in [2.05, 4.69) is 41.5 Å². The van der Waals surface area contributed by atoms with E-state index in [0.29, 0.717) is 40.9 Å². The van der Waals surface area contributed by atoms with Crippen molar-refractivity contribution in [2.75, 3.05) is 33.2 Å². The lowest BCUT2D eigenvalue weighted by Crippen LogP contribution is -2.53. The number of benzene rings is 2. The first-order chi connectivity index (χ1) is 17.3. The molecular weight excluding hydrogens is 478 g/mol. The molecule has 2 amide bonds. The van der Waals surface area contributed by atoms with Crippen molar-refractivity contribution in [1.29, 1.82) is 0 Å². The van der Waals surface area contributed by atoms with Crippen molar-refractivity contribution in [2.24, 2.45) is 5.92 Å². The summed E-state index contributed by atoms with van der Waals surface area (Å²) < 4.78 is 16.1. The number of carbonyl (C=O) groups excluding carboxylic acids is 1. The minimum Gasteiger partial charge on any atom is -0.493 e. The lowest BCUT2D eigenvalue weighted by molar-refractivity contribution is 0.0519. The Morgan fingerprint density at radius 2 is 1.72 bits per heavy atom. The normalized spacial score (nSPS) is 20.9. The van der Waals surface area contributed by atoms with Crippen LogP contribution in [-0.4, -0.2) is 56.9 Å². The van der Waals surface area contributed by atoms with Crippen molar-refractivity contribution >= 4 is 23.3 Å². The van der Waals surface area contributed by atoms with E-state index in [0.717, 1.165) is 37.3 Å². The third kappa shape index (κ3) is 7.20. The van der Waals surface area contributed by atoms with Gasteiger partial charge in [0.05, 0.1) is 27.0 Å². The van der Waals surface area contributed by atoms with Crippen LogP contribution in [0.25, 0.3) is 0 Å². The Labute approximate surface area is 220 Å². The van der Waals surface area contributed by atoms with E-state index >= 15 is 0 Å². The summed E-state index contributed by atoms with van der Waals surface area (Å²) in [6.45, 7) is 7.41. The number of amides is 2. The molecule has 1 saturated heterocycles. The van der Waals surface area contributed by atoms with Crippen LogP contribution in [0.5, 0.6) is 17.2 Å². The second-order valence-electron chi connectivity index (χ2n) is 9.69. The van der Waals surface area contributed by atoms with Crippen LogP contribution in [0.2, 0.25) is 5.02 Å². The fourth-order valence-corrected chi connectivity index (χ4v) is 5.48. The SMILES string of the molecule is CCC1CC(Cc2ccc(Cl)cc2)CC(C)N1C[C@@H](C)NC(=O)Nc1cc(OC)c(OC)c(OC)c1. The van der Waals surface area contributed by atoms with Gasteiger partial charge < -0.3 is 24.8 Å². The van der Waals surface area contributed by atoms with Gasteiger partial charge in [-0.05, 0) is 63.1 Å². The van der Waals surface area contributed by atoms with Crippen molar-refractivity contribution in [2.45, 2.75) is 64.6 Å². The van der Waals surface area contributed by atoms with Crippen LogP contribution in [-0.2, 0) is 6.42 Å². The number of likely N-dealkylation sites (tertiary alicyclic amines) is 1. The number of piperidine rings is 1. The molecule has 3 rings (SSSR count). The first-order valence-corrected chi connectivity index (χ1v) is 13.0. The molecule has 0 aromatic heterocycles. The minimum atomic E-state index is -0.268. The summed E-state index contributed by atoms with van der Waals surface area (Å²) in [6, 6.07) is 12.3. The average molecular weight is 518 g/mol. The molecule has 3 unspecified atom stereocenters. The lowest BCUT2D eigenvalue weighted by atomic mass is 9.81.